The third-order valence-corrected chi connectivity index (χ3v) is 4.85. The molecule has 0 spiro atoms. The van der Waals surface area contributed by atoms with Crippen molar-refractivity contribution in [2.24, 2.45) is 10.7 Å². The van der Waals surface area contributed by atoms with Crippen LogP contribution in [0.15, 0.2) is 69.3 Å². The van der Waals surface area contributed by atoms with Gasteiger partial charge in [0.25, 0.3) is 11.5 Å². The van der Waals surface area contributed by atoms with E-state index in [1.54, 1.807) is 37.4 Å². The highest BCUT2D eigenvalue weighted by molar-refractivity contribution is 6.09. The van der Waals surface area contributed by atoms with Crippen LogP contribution in [-0.2, 0) is 6.54 Å². The first kappa shape index (κ1) is 23.2. The van der Waals surface area contributed by atoms with Crippen LogP contribution in [0.3, 0.4) is 0 Å². The minimum atomic E-state index is -0.839. The zero-order chi connectivity index (χ0) is 24.0. The van der Waals surface area contributed by atoms with Crippen molar-refractivity contribution in [3.05, 3.63) is 104 Å². The van der Waals surface area contributed by atoms with Crippen LogP contribution in [0.25, 0.3) is 5.57 Å². The lowest BCUT2D eigenvalue weighted by Crippen LogP contribution is -2.34. The molecule has 33 heavy (non-hydrogen) atoms. The number of carbonyl (C=O) groups excluding carboxylic acids is 1. The summed E-state index contributed by atoms with van der Waals surface area (Å²) in [6.07, 6.45) is 2.99. The fourth-order valence-corrected chi connectivity index (χ4v) is 3.11. The van der Waals surface area contributed by atoms with Crippen LogP contribution in [-0.4, -0.2) is 22.1 Å². The number of nitrogens with two attached hydrogens (primary N) is 2. The number of aliphatic imine (C=N–C) groups is 1. The van der Waals surface area contributed by atoms with Gasteiger partial charge in [-0.25, -0.2) is 9.18 Å². The summed E-state index contributed by atoms with van der Waals surface area (Å²) in [5.74, 6) is -1.02. The summed E-state index contributed by atoms with van der Waals surface area (Å²) in [5, 5.41) is 2.70. The second-order valence-electron chi connectivity index (χ2n) is 7.24. The Labute approximate surface area is 188 Å². The number of anilines is 1. The van der Waals surface area contributed by atoms with E-state index in [0.29, 0.717) is 5.57 Å². The zero-order valence-electron chi connectivity index (χ0n) is 17.8. The molecule has 0 unspecified atom stereocenters. The summed E-state index contributed by atoms with van der Waals surface area (Å²) in [7, 11) is 0. The van der Waals surface area contributed by atoms with Crippen molar-refractivity contribution in [2.75, 3.05) is 5.73 Å². The number of H-pyrrole nitrogens is 2. The van der Waals surface area contributed by atoms with Gasteiger partial charge in [-0.3, -0.25) is 19.6 Å². The highest BCUT2D eigenvalue weighted by atomic mass is 19.1. The van der Waals surface area contributed by atoms with E-state index in [0.717, 1.165) is 16.7 Å². The number of aromatic nitrogens is 2. The van der Waals surface area contributed by atoms with Crippen LogP contribution in [0.5, 0.6) is 0 Å². The van der Waals surface area contributed by atoms with Crippen molar-refractivity contribution >= 4 is 23.4 Å². The first-order chi connectivity index (χ1) is 15.8. The summed E-state index contributed by atoms with van der Waals surface area (Å²) in [4.78, 5) is 44.2. The summed E-state index contributed by atoms with van der Waals surface area (Å²) < 4.78 is 13.3. The van der Waals surface area contributed by atoms with Gasteiger partial charge in [0.05, 0.1) is 12.6 Å². The maximum Gasteiger partial charge on any atom is 0.326 e. The molecule has 0 aliphatic carbocycles. The van der Waals surface area contributed by atoms with E-state index < -0.39 is 23.2 Å². The van der Waals surface area contributed by atoms with Crippen molar-refractivity contribution < 1.29 is 9.18 Å². The van der Waals surface area contributed by atoms with Gasteiger partial charge in [0.2, 0.25) is 0 Å². The molecule has 0 aliphatic heterocycles. The number of halogens is 1. The van der Waals surface area contributed by atoms with Crippen molar-refractivity contribution in [3.63, 3.8) is 0 Å². The Morgan fingerprint density at radius 1 is 1.18 bits per heavy atom. The number of allylic oxidation sites excluding steroid dienone is 1. The fourth-order valence-electron chi connectivity index (χ4n) is 3.11. The van der Waals surface area contributed by atoms with Crippen LogP contribution in [0.1, 0.15) is 40.1 Å². The quantitative estimate of drug-likeness (QED) is 0.347. The van der Waals surface area contributed by atoms with E-state index in [4.69, 9.17) is 11.5 Å². The number of hydrogen-bond acceptors (Lipinski definition) is 6. The molecular formula is C23H23FN6O3. The number of rotatable bonds is 7. The number of aromatic amines is 2. The zero-order valence-corrected chi connectivity index (χ0v) is 17.8. The van der Waals surface area contributed by atoms with Crippen LogP contribution in [0.4, 0.5) is 10.1 Å². The number of amides is 1. The lowest BCUT2D eigenvalue weighted by Gasteiger charge is -2.16. The Kier molecular flexibility index (Phi) is 7.19. The minimum absolute atomic E-state index is 0.289. The van der Waals surface area contributed by atoms with Crippen molar-refractivity contribution in [1.29, 1.82) is 0 Å². The molecule has 1 atom stereocenters. The van der Waals surface area contributed by atoms with Crippen molar-refractivity contribution in [1.82, 2.24) is 15.3 Å². The second-order valence-corrected chi connectivity index (χ2v) is 7.24. The molecule has 0 saturated heterocycles. The molecule has 7 N–H and O–H groups in total. The molecule has 0 bridgehead atoms. The lowest BCUT2D eigenvalue weighted by atomic mass is 10.0. The normalized spacial score (nSPS) is 12.6. The summed E-state index contributed by atoms with van der Waals surface area (Å²) in [6.45, 7) is 2.03. The molecule has 170 valence electrons. The molecular weight excluding hydrogens is 427 g/mol. The standard InChI is InChI=1S/C23H23FN6O3/c1-13(28-22(32)20-19(26)21(31)30-23(33)29-20)15-5-3-6-16(9-15)17(10-25)12-27-11-14-4-2-7-18(24)8-14/h2-10,12-13H,11,25-26H2,1H3,(H,28,32)(H2,29,30,31,33)/b17-10+,27-12?/t13-/m1/s1. The predicted molar refractivity (Wildman–Crippen MR) is 125 cm³/mol. The molecule has 0 fully saturated rings. The molecule has 1 heterocycles. The number of nitrogens with one attached hydrogen (secondary N) is 3. The van der Waals surface area contributed by atoms with E-state index in [9.17, 15) is 18.8 Å². The van der Waals surface area contributed by atoms with Crippen LogP contribution >= 0.6 is 0 Å². The van der Waals surface area contributed by atoms with E-state index in [2.05, 4.69) is 15.3 Å². The second kappa shape index (κ2) is 10.2. The lowest BCUT2D eigenvalue weighted by molar-refractivity contribution is 0.0935. The molecule has 0 aliphatic rings. The van der Waals surface area contributed by atoms with Gasteiger partial charge < -0.3 is 21.8 Å². The van der Waals surface area contributed by atoms with Gasteiger partial charge in [-0.05, 0) is 41.8 Å². The smallest absolute Gasteiger partial charge is 0.326 e. The van der Waals surface area contributed by atoms with E-state index >= 15 is 0 Å². The molecule has 9 nitrogen and oxygen atoms in total. The van der Waals surface area contributed by atoms with Gasteiger partial charge in [-0.15, -0.1) is 0 Å². The maximum atomic E-state index is 13.3. The molecule has 0 saturated carbocycles. The Morgan fingerprint density at radius 3 is 2.67 bits per heavy atom. The maximum absolute atomic E-state index is 13.3. The van der Waals surface area contributed by atoms with Crippen molar-refractivity contribution in [2.45, 2.75) is 19.5 Å². The Balaban J connectivity index is 1.75. The Morgan fingerprint density at radius 2 is 1.94 bits per heavy atom. The van der Waals surface area contributed by atoms with Crippen molar-refractivity contribution in [3.8, 4) is 0 Å². The molecule has 1 aromatic heterocycles. The first-order valence-corrected chi connectivity index (χ1v) is 9.98. The van der Waals surface area contributed by atoms with E-state index in [-0.39, 0.29) is 23.7 Å². The fraction of sp³-hybridized carbons (Fsp3) is 0.130. The van der Waals surface area contributed by atoms with Crippen LogP contribution in [0, 0.1) is 5.82 Å². The molecule has 3 aromatic rings. The summed E-state index contributed by atoms with van der Waals surface area (Å²) in [5.41, 5.74) is 11.9. The first-order valence-electron chi connectivity index (χ1n) is 9.98. The number of hydrogen-bond donors (Lipinski definition) is 5. The highest BCUT2D eigenvalue weighted by Gasteiger charge is 2.17. The monoisotopic (exact) mass is 450 g/mol. The number of nitrogen functional groups attached to an aromatic ring is 1. The van der Waals surface area contributed by atoms with E-state index in [1.165, 1.54) is 18.3 Å². The van der Waals surface area contributed by atoms with Gasteiger partial charge in [-0.1, -0.05) is 30.3 Å². The Hall–Kier alpha value is -4.47. The minimum Gasteiger partial charge on any atom is -0.404 e. The largest absolute Gasteiger partial charge is 0.404 e. The molecule has 2 aromatic carbocycles. The number of nitrogens with zero attached hydrogens (tertiary/aromatic N) is 1. The van der Waals surface area contributed by atoms with E-state index in [1.807, 2.05) is 17.1 Å². The molecule has 10 heteroatoms. The van der Waals surface area contributed by atoms with Gasteiger partial charge in [-0.2, -0.15) is 0 Å². The summed E-state index contributed by atoms with van der Waals surface area (Å²) in [6, 6.07) is 12.9. The highest BCUT2D eigenvalue weighted by Crippen LogP contribution is 2.19. The van der Waals surface area contributed by atoms with Gasteiger partial charge in [0.1, 0.15) is 17.2 Å². The third kappa shape index (κ3) is 5.82. The third-order valence-electron chi connectivity index (χ3n) is 4.85. The summed E-state index contributed by atoms with van der Waals surface area (Å²) >= 11 is 0. The molecule has 0 radical (unpaired) electrons. The van der Waals surface area contributed by atoms with Gasteiger partial charge in [0.15, 0.2) is 0 Å². The average molecular weight is 450 g/mol. The Bertz CT molecular complexity index is 1340. The molecule has 3 rings (SSSR count). The number of carbonyl (C=O) groups is 1. The predicted octanol–water partition coefficient (Wildman–Crippen LogP) is 1.85. The topological polar surface area (TPSA) is 159 Å². The van der Waals surface area contributed by atoms with Crippen LogP contribution < -0.4 is 28.0 Å². The van der Waals surface area contributed by atoms with Gasteiger partial charge >= 0.3 is 5.69 Å². The number of benzene rings is 2. The molecule has 1 amide bonds. The average Bonchev–Trinajstić information content (AvgIpc) is 2.79. The van der Waals surface area contributed by atoms with Crippen LogP contribution in [0.2, 0.25) is 0 Å². The SMILES string of the molecule is C[C@@H](NC(=O)c1[nH]c(=O)[nH]c(=O)c1N)c1cccc(/C(C=NCc2cccc(F)c2)=C/N)c1. The van der Waals surface area contributed by atoms with Gasteiger partial charge in [0, 0.05) is 18.0 Å².